The lowest BCUT2D eigenvalue weighted by molar-refractivity contribution is 0.561. The Morgan fingerprint density at radius 3 is 2.24 bits per heavy atom. The van der Waals surface area contributed by atoms with Crippen LogP contribution in [-0.4, -0.2) is 28.4 Å². The second kappa shape index (κ2) is 9.49. The molecule has 4 aromatic rings. The summed E-state index contributed by atoms with van der Waals surface area (Å²) in [7, 11) is -0.776. The molecular formula is C26H26FIN4O5S. The molecule has 0 aliphatic carbocycles. The highest BCUT2D eigenvalue weighted by atomic mass is 127. The Labute approximate surface area is 231 Å². The highest BCUT2D eigenvalue weighted by molar-refractivity contribution is 14.1. The second-order valence-electron chi connectivity index (χ2n) is 9.63. The van der Waals surface area contributed by atoms with E-state index >= 15 is 0 Å². The van der Waals surface area contributed by atoms with Crippen LogP contribution in [0.15, 0.2) is 56.8 Å². The van der Waals surface area contributed by atoms with Gasteiger partial charge in [0.25, 0.3) is 11.1 Å². The van der Waals surface area contributed by atoms with Gasteiger partial charge in [-0.2, -0.15) is 0 Å². The predicted octanol–water partition coefficient (Wildman–Crippen LogP) is 3.46. The van der Waals surface area contributed by atoms with E-state index in [1.807, 2.05) is 22.6 Å². The highest BCUT2D eigenvalue weighted by Crippen LogP contribution is 2.31. The maximum Gasteiger partial charge on any atom is 0.335 e. The van der Waals surface area contributed by atoms with Crippen LogP contribution in [0, 0.1) is 16.3 Å². The van der Waals surface area contributed by atoms with E-state index in [0.29, 0.717) is 9.13 Å². The molecule has 0 aliphatic heterocycles. The molecule has 0 atom stereocenters. The molecule has 12 heteroatoms. The molecule has 0 bridgehead atoms. The molecule has 0 saturated heterocycles. The molecule has 9 nitrogen and oxygen atoms in total. The van der Waals surface area contributed by atoms with E-state index in [0.717, 1.165) is 10.8 Å². The van der Waals surface area contributed by atoms with Crippen molar-refractivity contribution in [3.8, 4) is 5.69 Å². The first kappa shape index (κ1) is 27.8. The van der Waals surface area contributed by atoms with Gasteiger partial charge in [0.2, 0.25) is 0 Å². The van der Waals surface area contributed by atoms with Crippen LogP contribution < -0.4 is 22.1 Å². The van der Waals surface area contributed by atoms with Gasteiger partial charge in [0.05, 0.1) is 21.6 Å². The highest BCUT2D eigenvalue weighted by Gasteiger charge is 2.33. The minimum atomic E-state index is -3.53. The summed E-state index contributed by atoms with van der Waals surface area (Å²) in [4.78, 5) is 40.3. The number of benzene rings is 2. The van der Waals surface area contributed by atoms with Crippen molar-refractivity contribution in [3.63, 3.8) is 0 Å². The predicted molar refractivity (Wildman–Crippen MR) is 155 cm³/mol. The summed E-state index contributed by atoms with van der Waals surface area (Å²) in [6.07, 6.45) is 1.13. The van der Waals surface area contributed by atoms with Crippen LogP contribution in [0.25, 0.3) is 16.6 Å². The molecule has 2 aromatic carbocycles. The number of nitrogens with zero attached hydrogens (tertiary/aromatic N) is 3. The van der Waals surface area contributed by atoms with Gasteiger partial charge < -0.3 is 5.32 Å². The van der Waals surface area contributed by atoms with Gasteiger partial charge in [-0.25, -0.2) is 17.6 Å². The van der Waals surface area contributed by atoms with Crippen molar-refractivity contribution < 1.29 is 12.8 Å². The second-order valence-corrected chi connectivity index (χ2v) is 13.4. The van der Waals surface area contributed by atoms with E-state index in [2.05, 4.69) is 5.32 Å². The zero-order chi connectivity index (χ0) is 28.3. The molecule has 0 aliphatic rings. The fourth-order valence-corrected chi connectivity index (χ4v) is 5.25. The number of fused-ring (bicyclic) bond motifs is 1. The third-order valence-corrected chi connectivity index (χ3v) is 9.68. The van der Waals surface area contributed by atoms with Crippen molar-refractivity contribution in [1.29, 1.82) is 0 Å². The van der Waals surface area contributed by atoms with Gasteiger partial charge in [0.15, 0.2) is 9.84 Å². The Morgan fingerprint density at radius 1 is 0.974 bits per heavy atom. The summed E-state index contributed by atoms with van der Waals surface area (Å²) in [5, 5.41) is 2.87. The number of anilines is 2. The van der Waals surface area contributed by atoms with Gasteiger partial charge in [-0.15, -0.1) is 0 Å². The standard InChI is InChI=1S/C26H26FIN4O5S/c1-14-21-20(22(30(4)23(14)33)29-19-11-10-16(28)13-18(19)27)24(34)31(5)25(35)32(21)17-9-7-8-15(12-17)26(2,3)38(6,36)37/h7-13,29H,1-6H3. The van der Waals surface area contributed by atoms with Crippen molar-refractivity contribution in [2.45, 2.75) is 25.5 Å². The largest absolute Gasteiger partial charge is 0.338 e. The SMILES string of the molecule is Cc1c(=O)n(C)c(Nc2ccc(I)cc2F)c2c(=O)n(C)c(=O)n(-c3cccc(C(C)(C)S(C)(=O)=O)c3)c12. The first-order chi connectivity index (χ1) is 17.6. The molecule has 1 N–H and O–H groups in total. The quantitative estimate of drug-likeness (QED) is 0.331. The number of sulfone groups is 1. The van der Waals surface area contributed by atoms with Crippen molar-refractivity contribution in [1.82, 2.24) is 13.7 Å². The first-order valence-electron chi connectivity index (χ1n) is 11.5. The van der Waals surface area contributed by atoms with E-state index in [9.17, 15) is 27.2 Å². The number of hydrogen-bond acceptors (Lipinski definition) is 6. The molecular weight excluding hydrogens is 626 g/mol. The summed E-state index contributed by atoms with van der Waals surface area (Å²) < 4.78 is 42.4. The summed E-state index contributed by atoms with van der Waals surface area (Å²) in [6.45, 7) is 4.61. The monoisotopic (exact) mass is 652 g/mol. The van der Waals surface area contributed by atoms with Crippen molar-refractivity contribution in [2.75, 3.05) is 11.6 Å². The number of aromatic nitrogens is 3. The van der Waals surface area contributed by atoms with E-state index in [1.165, 1.54) is 42.3 Å². The van der Waals surface area contributed by atoms with Crippen LogP contribution in [0.1, 0.15) is 25.0 Å². The Kier molecular flexibility index (Phi) is 6.93. The fraction of sp³-hybridized carbons (Fsp3) is 0.269. The lowest BCUT2D eigenvalue weighted by Gasteiger charge is -2.24. The lowest BCUT2D eigenvalue weighted by Crippen LogP contribution is -2.40. The van der Waals surface area contributed by atoms with Crippen LogP contribution in [0.4, 0.5) is 15.9 Å². The van der Waals surface area contributed by atoms with Crippen molar-refractivity contribution in [3.05, 3.63) is 94.2 Å². The van der Waals surface area contributed by atoms with Gasteiger partial charge in [-0.05, 0) is 79.3 Å². The molecule has 2 aromatic heterocycles. The maximum atomic E-state index is 14.7. The Morgan fingerprint density at radius 2 is 1.63 bits per heavy atom. The minimum absolute atomic E-state index is 0.00238. The lowest BCUT2D eigenvalue weighted by atomic mass is 10.0. The summed E-state index contributed by atoms with van der Waals surface area (Å²) in [5.74, 6) is -0.573. The van der Waals surface area contributed by atoms with Crippen molar-refractivity contribution in [2.24, 2.45) is 14.1 Å². The molecule has 200 valence electrons. The average molecular weight is 652 g/mol. The Hall–Kier alpha value is -3.26. The Bertz CT molecular complexity index is 1920. The Balaban J connectivity index is 2.15. The molecule has 0 fully saturated rings. The number of pyridine rings is 1. The minimum Gasteiger partial charge on any atom is -0.338 e. The molecule has 0 amide bonds. The zero-order valence-electron chi connectivity index (χ0n) is 21.6. The maximum absolute atomic E-state index is 14.7. The molecule has 0 radical (unpaired) electrons. The molecule has 38 heavy (non-hydrogen) atoms. The van der Waals surface area contributed by atoms with E-state index in [1.54, 1.807) is 44.2 Å². The molecule has 0 spiro atoms. The average Bonchev–Trinajstić information content (AvgIpc) is 2.84. The number of aryl methyl sites for hydroxylation is 1. The number of nitrogens with one attached hydrogen (secondary N) is 1. The fourth-order valence-electron chi connectivity index (χ4n) is 4.24. The van der Waals surface area contributed by atoms with E-state index in [4.69, 9.17) is 0 Å². The van der Waals surface area contributed by atoms with Gasteiger partial charge in [0.1, 0.15) is 17.0 Å². The normalized spacial score (nSPS) is 12.2. The number of rotatable bonds is 5. The van der Waals surface area contributed by atoms with Gasteiger partial charge in [-0.1, -0.05) is 12.1 Å². The first-order valence-corrected chi connectivity index (χ1v) is 14.4. The summed E-state index contributed by atoms with van der Waals surface area (Å²) in [5.41, 5.74) is -0.995. The summed E-state index contributed by atoms with van der Waals surface area (Å²) in [6, 6.07) is 10.9. The smallest absolute Gasteiger partial charge is 0.335 e. The van der Waals surface area contributed by atoms with E-state index in [-0.39, 0.29) is 33.7 Å². The number of hydrogen-bond donors (Lipinski definition) is 1. The van der Waals surface area contributed by atoms with Gasteiger partial charge in [-0.3, -0.25) is 23.3 Å². The molecule has 0 unspecified atom stereocenters. The third kappa shape index (κ3) is 4.38. The van der Waals surface area contributed by atoms with Crippen LogP contribution in [0.5, 0.6) is 0 Å². The van der Waals surface area contributed by atoms with Crippen LogP contribution in [-0.2, 0) is 28.7 Å². The van der Waals surface area contributed by atoms with E-state index < -0.39 is 37.2 Å². The number of halogens is 2. The van der Waals surface area contributed by atoms with Crippen LogP contribution in [0.3, 0.4) is 0 Å². The van der Waals surface area contributed by atoms with Crippen molar-refractivity contribution >= 4 is 54.8 Å². The van der Waals surface area contributed by atoms with Gasteiger partial charge >= 0.3 is 5.69 Å². The topological polar surface area (TPSA) is 112 Å². The molecule has 4 rings (SSSR count). The third-order valence-electron chi connectivity index (χ3n) is 6.92. The van der Waals surface area contributed by atoms with Gasteiger partial charge in [0, 0.05) is 29.5 Å². The van der Waals surface area contributed by atoms with Crippen LogP contribution >= 0.6 is 22.6 Å². The summed E-state index contributed by atoms with van der Waals surface area (Å²) >= 11 is 1.97. The van der Waals surface area contributed by atoms with Crippen LogP contribution in [0.2, 0.25) is 0 Å². The molecule has 2 heterocycles. The zero-order valence-corrected chi connectivity index (χ0v) is 24.6. The molecule has 0 saturated carbocycles.